The third-order valence-electron chi connectivity index (χ3n) is 4.76. The van der Waals surface area contributed by atoms with E-state index in [1.165, 1.54) is 23.1 Å². The van der Waals surface area contributed by atoms with Gasteiger partial charge in [-0.15, -0.1) is 0 Å². The lowest BCUT2D eigenvalue weighted by molar-refractivity contribution is -0.122. The summed E-state index contributed by atoms with van der Waals surface area (Å²) in [7, 11) is 0. The van der Waals surface area contributed by atoms with Crippen LogP contribution in [-0.2, 0) is 9.59 Å². The number of halogens is 1. The molecule has 4 rings (SSSR count). The molecular weight excluding hydrogens is 452 g/mol. The highest BCUT2D eigenvalue weighted by molar-refractivity contribution is 7.80. The first-order valence-electron chi connectivity index (χ1n) is 9.36. The van der Waals surface area contributed by atoms with Crippen LogP contribution >= 0.6 is 23.8 Å². The van der Waals surface area contributed by atoms with Crippen molar-refractivity contribution in [2.75, 3.05) is 4.90 Å². The summed E-state index contributed by atoms with van der Waals surface area (Å²) < 4.78 is 5.75. The molecule has 0 aliphatic carbocycles. The van der Waals surface area contributed by atoms with Gasteiger partial charge in [0, 0.05) is 5.56 Å². The summed E-state index contributed by atoms with van der Waals surface area (Å²) in [5.41, 5.74) is 1.86. The summed E-state index contributed by atoms with van der Waals surface area (Å²) in [6.45, 7) is 1.88. The molecule has 2 N–H and O–H groups in total. The molecule has 2 aromatic carbocycles. The van der Waals surface area contributed by atoms with Crippen LogP contribution < -0.4 is 10.2 Å². The van der Waals surface area contributed by atoms with E-state index in [-0.39, 0.29) is 27.0 Å². The number of carboxylic acid groups (broad SMARTS) is 1. The molecule has 160 valence electrons. The first kappa shape index (κ1) is 21.5. The number of aryl methyl sites for hydroxylation is 1. The molecule has 0 unspecified atom stereocenters. The molecule has 0 bridgehead atoms. The Balaban J connectivity index is 1.66. The van der Waals surface area contributed by atoms with Gasteiger partial charge in [-0.1, -0.05) is 29.8 Å². The van der Waals surface area contributed by atoms with Gasteiger partial charge < -0.3 is 9.52 Å². The van der Waals surface area contributed by atoms with Crippen molar-refractivity contribution in [3.8, 4) is 11.3 Å². The molecule has 7 nitrogen and oxygen atoms in total. The van der Waals surface area contributed by atoms with Gasteiger partial charge in [-0.2, -0.15) is 0 Å². The lowest BCUT2D eigenvalue weighted by Crippen LogP contribution is -2.54. The second kappa shape index (κ2) is 8.41. The topological polar surface area (TPSA) is 99.8 Å². The van der Waals surface area contributed by atoms with Gasteiger partial charge in [0.05, 0.1) is 16.3 Å². The van der Waals surface area contributed by atoms with Crippen molar-refractivity contribution in [1.29, 1.82) is 0 Å². The van der Waals surface area contributed by atoms with Gasteiger partial charge in [0.2, 0.25) is 0 Å². The second-order valence-corrected chi connectivity index (χ2v) is 7.79. The number of aromatic carboxylic acids is 1. The zero-order valence-corrected chi connectivity index (χ0v) is 18.2. The van der Waals surface area contributed by atoms with Crippen molar-refractivity contribution < 1.29 is 23.9 Å². The van der Waals surface area contributed by atoms with E-state index < -0.39 is 17.8 Å². The van der Waals surface area contributed by atoms with Crippen LogP contribution in [0.15, 0.2) is 64.6 Å². The molecule has 1 aliphatic heterocycles. The fraction of sp³-hybridized carbons (Fsp3) is 0.0435. The lowest BCUT2D eigenvalue weighted by Gasteiger charge is -2.29. The normalized spacial score (nSPS) is 15.2. The Morgan fingerprint density at radius 1 is 1.16 bits per heavy atom. The molecule has 0 atom stereocenters. The second-order valence-electron chi connectivity index (χ2n) is 7.00. The van der Waals surface area contributed by atoms with Crippen LogP contribution in [0.2, 0.25) is 5.02 Å². The van der Waals surface area contributed by atoms with Gasteiger partial charge in [0.15, 0.2) is 5.11 Å². The number of benzene rings is 2. The smallest absolute Gasteiger partial charge is 0.337 e. The van der Waals surface area contributed by atoms with Gasteiger partial charge in [0.1, 0.15) is 17.1 Å². The maximum atomic E-state index is 13.1. The molecule has 0 saturated carbocycles. The summed E-state index contributed by atoms with van der Waals surface area (Å²) in [5.74, 6) is -1.68. The van der Waals surface area contributed by atoms with Crippen molar-refractivity contribution in [1.82, 2.24) is 5.32 Å². The molecule has 1 aliphatic rings. The zero-order chi connectivity index (χ0) is 23.0. The molecule has 0 radical (unpaired) electrons. The molecule has 9 heteroatoms. The van der Waals surface area contributed by atoms with Gasteiger partial charge >= 0.3 is 5.97 Å². The van der Waals surface area contributed by atoms with Crippen LogP contribution in [0, 0.1) is 6.92 Å². The number of nitrogens with one attached hydrogen (secondary N) is 1. The number of nitrogens with zero attached hydrogens (tertiary/aromatic N) is 1. The quantitative estimate of drug-likeness (QED) is 0.335. The third-order valence-corrected chi connectivity index (χ3v) is 5.36. The van der Waals surface area contributed by atoms with E-state index in [4.69, 9.17) is 33.3 Å². The molecule has 0 spiro atoms. The molecule has 32 heavy (non-hydrogen) atoms. The van der Waals surface area contributed by atoms with Crippen LogP contribution in [0.3, 0.4) is 0 Å². The highest BCUT2D eigenvalue weighted by atomic mass is 35.5. The van der Waals surface area contributed by atoms with Crippen LogP contribution in [0.4, 0.5) is 5.69 Å². The summed E-state index contributed by atoms with van der Waals surface area (Å²) in [6, 6.07) is 14.8. The number of anilines is 1. The first-order chi connectivity index (χ1) is 15.2. The fourth-order valence-corrected chi connectivity index (χ4v) is 3.77. The molecular formula is C23H15ClN2O5S. The Hall–Kier alpha value is -3.75. The van der Waals surface area contributed by atoms with Crippen molar-refractivity contribution >= 4 is 58.5 Å². The standard InChI is InChI=1S/C23H15ClN2O5S/c1-12-3-2-4-14(9-12)26-21(28)17(20(27)25-23(26)32)11-15-6-8-19(31-15)13-5-7-16(22(29)30)18(24)10-13/h2-11H,1H3,(H,29,30)(H,25,27,32)/b17-11+. The molecule has 2 heterocycles. The molecule has 3 aromatic rings. The highest BCUT2D eigenvalue weighted by Crippen LogP contribution is 2.29. The predicted octanol–water partition coefficient (Wildman–Crippen LogP) is 4.44. The molecule has 2 amide bonds. The number of rotatable bonds is 4. The number of carbonyl (C=O) groups is 3. The van der Waals surface area contributed by atoms with Crippen molar-refractivity contribution in [2.45, 2.75) is 6.92 Å². The fourth-order valence-electron chi connectivity index (χ4n) is 3.23. The van der Waals surface area contributed by atoms with E-state index in [9.17, 15) is 14.4 Å². The van der Waals surface area contributed by atoms with Crippen molar-refractivity contribution in [3.63, 3.8) is 0 Å². The third kappa shape index (κ3) is 4.05. The minimum atomic E-state index is -1.13. The van der Waals surface area contributed by atoms with Crippen LogP contribution in [0.25, 0.3) is 17.4 Å². The molecule has 1 aromatic heterocycles. The predicted molar refractivity (Wildman–Crippen MR) is 123 cm³/mol. The lowest BCUT2D eigenvalue weighted by atomic mass is 10.1. The van der Waals surface area contributed by atoms with E-state index in [1.54, 1.807) is 36.4 Å². The number of amides is 2. The SMILES string of the molecule is Cc1cccc(N2C(=O)/C(=C/c3ccc(-c4ccc(C(=O)O)c(Cl)c4)o3)C(=O)NC2=S)c1. The van der Waals surface area contributed by atoms with Gasteiger partial charge in [0.25, 0.3) is 11.8 Å². The van der Waals surface area contributed by atoms with E-state index in [0.717, 1.165) is 5.56 Å². The van der Waals surface area contributed by atoms with Crippen molar-refractivity contribution in [3.05, 3.63) is 82.1 Å². The van der Waals surface area contributed by atoms with Crippen molar-refractivity contribution in [2.24, 2.45) is 0 Å². The molecule has 1 fully saturated rings. The average molecular weight is 467 g/mol. The first-order valence-corrected chi connectivity index (χ1v) is 10.1. The van der Waals surface area contributed by atoms with Crippen LogP contribution in [0.5, 0.6) is 0 Å². The maximum Gasteiger partial charge on any atom is 0.337 e. The Morgan fingerprint density at radius 2 is 1.94 bits per heavy atom. The van der Waals surface area contributed by atoms with Gasteiger partial charge in [-0.25, -0.2) is 4.79 Å². The van der Waals surface area contributed by atoms with Crippen LogP contribution in [-0.4, -0.2) is 28.0 Å². The zero-order valence-electron chi connectivity index (χ0n) is 16.6. The van der Waals surface area contributed by atoms with E-state index in [0.29, 0.717) is 17.0 Å². The van der Waals surface area contributed by atoms with Gasteiger partial charge in [-0.3, -0.25) is 19.8 Å². The summed E-state index contributed by atoms with van der Waals surface area (Å²) in [4.78, 5) is 37.9. The Bertz CT molecular complexity index is 1330. The number of thiocarbonyl (C=S) groups is 1. The number of furan rings is 1. The summed E-state index contributed by atoms with van der Waals surface area (Å²) >= 11 is 11.2. The van der Waals surface area contributed by atoms with E-state index in [2.05, 4.69) is 5.32 Å². The largest absolute Gasteiger partial charge is 0.478 e. The Morgan fingerprint density at radius 3 is 2.62 bits per heavy atom. The number of carbonyl (C=O) groups excluding carboxylic acids is 2. The highest BCUT2D eigenvalue weighted by Gasteiger charge is 2.34. The summed E-state index contributed by atoms with van der Waals surface area (Å²) in [6.07, 6.45) is 1.33. The average Bonchev–Trinajstić information content (AvgIpc) is 3.19. The minimum Gasteiger partial charge on any atom is -0.478 e. The monoisotopic (exact) mass is 466 g/mol. The van der Waals surface area contributed by atoms with E-state index in [1.807, 2.05) is 13.0 Å². The van der Waals surface area contributed by atoms with Crippen LogP contribution in [0.1, 0.15) is 21.7 Å². The number of carboxylic acids is 1. The van der Waals surface area contributed by atoms with Gasteiger partial charge in [-0.05, 0) is 67.2 Å². The Kier molecular flexibility index (Phi) is 5.65. The molecule has 1 saturated heterocycles. The number of hydrogen-bond donors (Lipinski definition) is 2. The number of hydrogen-bond acceptors (Lipinski definition) is 5. The minimum absolute atomic E-state index is 0.00366. The summed E-state index contributed by atoms with van der Waals surface area (Å²) in [5, 5.41) is 11.7. The maximum absolute atomic E-state index is 13.1. The van der Waals surface area contributed by atoms with E-state index >= 15 is 0 Å². The Labute approximate surface area is 192 Å².